The summed E-state index contributed by atoms with van der Waals surface area (Å²) in [5.74, 6) is 4.31. The van der Waals surface area contributed by atoms with Crippen LogP contribution in [0.1, 0.15) is 113 Å². The summed E-state index contributed by atoms with van der Waals surface area (Å²) in [5, 5.41) is 0. The van der Waals surface area contributed by atoms with Crippen LogP contribution in [-0.4, -0.2) is 0 Å². The summed E-state index contributed by atoms with van der Waals surface area (Å²) in [6, 6.07) is 0. The number of rotatable bonds is 1. The third-order valence-electron chi connectivity index (χ3n) is 13.5. The molecule has 0 nitrogen and oxygen atoms in total. The van der Waals surface area contributed by atoms with E-state index in [2.05, 4.69) is 68.0 Å². The van der Waals surface area contributed by atoms with Gasteiger partial charge >= 0.3 is 0 Å². The molecule has 0 spiro atoms. The van der Waals surface area contributed by atoms with Gasteiger partial charge in [0.1, 0.15) is 0 Å². The van der Waals surface area contributed by atoms with Crippen LogP contribution in [0.25, 0.3) is 0 Å². The highest BCUT2D eigenvalue weighted by Gasteiger charge is 2.69. The second-order valence-electron chi connectivity index (χ2n) is 14.7. The average molecular weight is 423 g/mol. The quantitative estimate of drug-likeness (QED) is 0.369. The third-order valence-corrected chi connectivity index (χ3v) is 13.5. The highest BCUT2D eigenvalue weighted by Crippen LogP contribution is 2.77. The summed E-state index contributed by atoms with van der Waals surface area (Å²) in [7, 11) is 0. The van der Waals surface area contributed by atoms with E-state index >= 15 is 0 Å². The Morgan fingerprint density at radius 3 is 2.23 bits per heavy atom. The first-order chi connectivity index (χ1) is 14.3. The first kappa shape index (κ1) is 22.3. The van der Waals surface area contributed by atoms with Crippen LogP contribution in [0.5, 0.6) is 0 Å². The van der Waals surface area contributed by atoms with E-state index in [9.17, 15) is 0 Å². The van der Waals surface area contributed by atoms with Gasteiger partial charge in [-0.05, 0) is 128 Å². The third kappa shape index (κ3) is 2.60. The van der Waals surface area contributed by atoms with Crippen molar-refractivity contribution >= 4 is 0 Å². The lowest BCUT2D eigenvalue weighted by atomic mass is 9.32. The molecule has 174 valence electrons. The Balaban J connectivity index is 1.56. The highest BCUT2D eigenvalue weighted by atomic mass is 14.7. The fourth-order valence-corrected chi connectivity index (χ4v) is 11.2. The van der Waals surface area contributed by atoms with Gasteiger partial charge in [0.25, 0.3) is 0 Å². The van der Waals surface area contributed by atoms with Crippen LogP contribution in [0.3, 0.4) is 0 Å². The van der Waals surface area contributed by atoms with E-state index in [0.717, 1.165) is 29.6 Å². The van der Waals surface area contributed by atoms with E-state index in [1.54, 1.807) is 5.57 Å². The number of fused-ring (bicyclic) bond motifs is 7. The Morgan fingerprint density at radius 2 is 1.55 bits per heavy atom. The topological polar surface area (TPSA) is 0 Å². The molecule has 0 bridgehead atoms. The van der Waals surface area contributed by atoms with Gasteiger partial charge in [-0.25, -0.2) is 0 Å². The molecule has 0 aromatic carbocycles. The second kappa shape index (κ2) is 6.54. The maximum atomic E-state index is 4.50. The summed E-state index contributed by atoms with van der Waals surface area (Å²) in [5.41, 5.74) is 5.57. The molecule has 0 aromatic heterocycles. The molecule has 0 unspecified atom stereocenters. The van der Waals surface area contributed by atoms with Crippen molar-refractivity contribution in [2.45, 2.75) is 113 Å². The molecule has 0 aromatic rings. The normalized spacial score (nSPS) is 55.4. The minimum atomic E-state index is 0.369. The van der Waals surface area contributed by atoms with E-state index in [0.29, 0.717) is 27.1 Å². The van der Waals surface area contributed by atoms with E-state index in [-0.39, 0.29) is 0 Å². The van der Waals surface area contributed by atoms with Gasteiger partial charge in [0, 0.05) is 0 Å². The molecule has 4 fully saturated rings. The van der Waals surface area contributed by atoms with Crippen molar-refractivity contribution in [3.63, 3.8) is 0 Å². The summed E-state index contributed by atoms with van der Waals surface area (Å²) in [4.78, 5) is 0. The van der Waals surface area contributed by atoms with Crippen LogP contribution < -0.4 is 0 Å². The molecule has 4 saturated carbocycles. The van der Waals surface area contributed by atoms with Crippen molar-refractivity contribution in [1.29, 1.82) is 0 Å². The van der Waals surface area contributed by atoms with Gasteiger partial charge in [-0.3, -0.25) is 0 Å². The van der Waals surface area contributed by atoms with Crippen LogP contribution in [0.2, 0.25) is 0 Å². The molecule has 0 amide bonds. The molecule has 0 heteroatoms. The zero-order valence-electron chi connectivity index (χ0n) is 22.0. The summed E-state index contributed by atoms with van der Waals surface area (Å²) in [6.45, 7) is 25.3. The van der Waals surface area contributed by atoms with E-state index in [1.165, 1.54) is 63.4 Å². The second-order valence-corrected chi connectivity index (χ2v) is 14.7. The number of allylic oxidation sites excluding steroid dienone is 3. The predicted octanol–water partition coefficient (Wildman–Crippen LogP) is 9.22. The highest BCUT2D eigenvalue weighted by molar-refractivity contribution is 5.25. The lowest BCUT2D eigenvalue weighted by Crippen LogP contribution is -2.65. The molecule has 0 aliphatic heterocycles. The Labute approximate surface area is 193 Å². The molecular weight excluding hydrogens is 372 g/mol. The minimum absolute atomic E-state index is 0.369. The number of hydrogen-bond donors (Lipinski definition) is 0. The maximum absolute atomic E-state index is 4.50. The Morgan fingerprint density at radius 1 is 0.839 bits per heavy atom. The molecule has 5 aliphatic carbocycles. The Kier molecular flexibility index (Phi) is 4.70. The van der Waals surface area contributed by atoms with Gasteiger partial charge in [-0.1, -0.05) is 65.3 Å². The fraction of sp³-hybridized carbons (Fsp3) is 0.871. The van der Waals surface area contributed by atoms with E-state index in [1.807, 2.05) is 0 Å². The molecule has 0 radical (unpaired) electrons. The van der Waals surface area contributed by atoms with Gasteiger partial charge in [0.2, 0.25) is 0 Å². The van der Waals surface area contributed by atoms with Gasteiger partial charge in [-0.15, -0.1) is 0 Å². The van der Waals surface area contributed by atoms with Crippen molar-refractivity contribution in [2.75, 3.05) is 0 Å². The zero-order valence-corrected chi connectivity index (χ0v) is 22.0. The molecule has 0 N–H and O–H groups in total. The molecule has 5 rings (SSSR count). The monoisotopic (exact) mass is 422 g/mol. The fourth-order valence-electron chi connectivity index (χ4n) is 11.2. The minimum Gasteiger partial charge on any atom is -0.0998 e. The maximum Gasteiger partial charge on any atom is -0.0114 e. The Bertz CT molecular complexity index is 814. The van der Waals surface area contributed by atoms with Crippen molar-refractivity contribution in [3.05, 3.63) is 23.8 Å². The van der Waals surface area contributed by atoms with Crippen LogP contribution in [0, 0.1) is 56.7 Å². The van der Waals surface area contributed by atoms with Crippen molar-refractivity contribution < 1.29 is 0 Å². The zero-order chi connectivity index (χ0) is 22.6. The van der Waals surface area contributed by atoms with Crippen LogP contribution in [-0.2, 0) is 0 Å². The van der Waals surface area contributed by atoms with Gasteiger partial charge < -0.3 is 0 Å². The summed E-state index contributed by atoms with van der Waals surface area (Å²) < 4.78 is 0. The molecule has 0 saturated heterocycles. The molecule has 5 aliphatic rings. The van der Waals surface area contributed by atoms with E-state index < -0.39 is 0 Å². The molecule has 9 atom stereocenters. The number of hydrogen-bond acceptors (Lipinski definition) is 0. The first-order valence-corrected chi connectivity index (χ1v) is 13.6. The summed E-state index contributed by atoms with van der Waals surface area (Å²) >= 11 is 0. The van der Waals surface area contributed by atoms with Crippen LogP contribution >= 0.6 is 0 Å². The average Bonchev–Trinajstić information content (AvgIpc) is 3.04. The van der Waals surface area contributed by atoms with Gasteiger partial charge in [-0.2, -0.15) is 0 Å². The molecular formula is C31H50. The van der Waals surface area contributed by atoms with Gasteiger partial charge in [0.15, 0.2) is 0 Å². The molecule has 0 heterocycles. The van der Waals surface area contributed by atoms with Crippen LogP contribution in [0.4, 0.5) is 0 Å². The lowest BCUT2D eigenvalue weighted by molar-refractivity contribution is -0.225. The van der Waals surface area contributed by atoms with Crippen LogP contribution in [0.15, 0.2) is 23.8 Å². The van der Waals surface area contributed by atoms with Crippen molar-refractivity contribution in [1.82, 2.24) is 0 Å². The smallest absolute Gasteiger partial charge is 0.0114 e. The largest absolute Gasteiger partial charge is 0.0998 e. The standard InChI is InChI=1S/C31H50/c1-20(2)22-13-15-28(6)18-19-30(8)23(26(22)28)10-11-25-29(7)16-12-21(3)27(4,5)24(29)14-17-31(25,30)9/h12,22-26H,1,10-11,13-19H2,2-9H3/t22-,23+,24-,25+,26+,28+,29-,30+,31+/m0/s1. The van der Waals surface area contributed by atoms with Gasteiger partial charge in [0.05, 0.1) is 0 Å². The van der Waals surface area contributed by atoms with Crippen molar-refractivity contribution in [2.24, 2.45) is 56.7 Å². The SMILES string of the molecule is C=C(C)[C@@H]1CC[C@]2(C)CC[C@]3(C)[C@H](CC[C@@H]4[C@@]5(C)CC=C(C)C(C)(C)[C@@H]5CC[C@]43C)[C@@H]12. The first-order valence-electron chi connectivity index (χ1n) is 13.6. The predicted molar refractivity (Wildman–Crippen MR) is 134 cm³/mol. The molecule has 31 heavy (non-hydrogen) atoms. The summed E-state index contributed by atoms with van der Waals surface area (Å²) in [6.07, 6.45) is 15.6. The van der Waals surface area contributed by atoms with E-state index in [4.69, 9.17) is 0 Å². The Hall–Kier alpha value is -0.520. The lowest BCUT2D eigenvalue weighted by Gasteiger charge is -2.72. The van der Waals surface area contributed by atoms with Crippen molar-refractivity contribution in [3.8, 4) is 0 Å².